The van der Waals surface area contributed by atoms with Gasteiger partial charge in [0.1, 0.15) is 0 Å². The van der Waals surface area contributed by atoms with Crippen LogP contribution < -0.4 is 0 Å². The van der Waals surface area contributed by atoms with Crippen molar-refractivity contribution >= 4 is 0 Å². The van der Waals surface area contributed by atoms with Crippen molar-refractivity contribution in [2.75, 3.05) is 6.61 Å². The Morgan fingerprint density at radius 3 is 1.17 bits per heavy atom. The quantitative estimate of drug-likeness (QED) is 0.511. The average molecular weight is 376 g/mol. The molecule has 14 heteroatoms. The first-order chi connectivity index (χ1) is 9.83. The van der Waals surface area contributed by atoms with Crippen molar-refractivity contribution in [2.24, 2.45) is 5.41 Å². The Morgan fingerprint density at radius 1 is 0.609 bits per heavy atom. The Balaban J connectivity index is 3.67. The summed E-state index contributed by atoms with van der Waals surface area (Å²) in [5.74, 6) is -15.1. The minimum Gasteiger partial charge on any atom is -0.373 e. The molecule has 1 nitrogen and oxygen atoms in total. The van der Waals surface area contributed by atoms with Crippen LogP contribution in [0.5, 0.6) is 0 Å². The molecule has 0 aromatic heterocycles. The highest BCUT2D eigenvalue weighted by atomic mass is 19.4. The van der Waals surface area contributed by atoms with Gasteiger partial charge in [0.15, 0.2) is 0 Å². The predicted octanol–water partition coefficient (Wildman–Crippen LogP) is 4.72. The number of epoxide rings is 1. The molecule has 0 N–H and O–H groups in total. The van der Waals surface area contributed by atoms with Crippen LogP contribution in [0.4, 0.5) is 57.1 Å². The van der Waals surface area contributed by atoms with Crippen molar-refractivity contribution in [3.05, 3.63) is 0 Å². The number of ether oxygens (including phenoxy) is 1. The highest BCUT2D eigenvalue weighted by Gasteiger charge is 2.92. The highest BCUT2D eigenvalue weighted by Crippen LogP contribution is 2.67. The molecule has 0 spiro atoms. The minimum atomic E-state index is -7.58. The van der Waals surface area contributed by atoms with E-state index in [0.29, 0.717) is 0 Å². The lowest BCUT2D eigenvalue weighted by atomic mass is 9.72. The van der Waals surface area contributed by atoms with E-state index in [9.17, 15) is 57.1 Å². The van der Waals surface area contributed by atoms with Crippen molar-refractivity contribution in [2.45, 2.75) is 42.9 Å². The first-order valence-electron chi connectivity index (χ1n) is 5.40. The molecule has 1 aliphatic rings. The maximum absolute atomic E-state index is 13.4. The maximum Gasteiger partial charge on any atom is 0.459 e. The molecule has 0 radical (unpaired) electrons. The van der Waals surface area contributed by atoms with Gasteiger partial charge in [0.05, 0.1) is 12.7 Å². The van der Waals surface area contributed by atoms with Crippen LogP contribution in [0.1, 0.15) is 6.42 Å². The van der Waals surface area contributed by atoms with Gasteiger partial charge in [-0.05, 0) is 0 Å². The van der Waals surface area contributed by atoms with E-state index in [1.165, 1.54) is 0 Å². The van der Waals surface area contributed by atoms with Crippen LogP contribution in [0.3, 0.4) is 0 Å². The Bertz CT molecular complexity index is 424. The number of hydrogen-bond donors (Lipinski definition) is 0. The van der Waals surface area contributed by atoms with E-state index in [2.05, 4.69) is 4.74 Å². The molecular weight excluding hydrogens is 371 g/mol. The fourth-order valence-corrected chi connectivity index (χ4v) is 1.85. The standard InChI is InChI=1S/C9H5F13O/c10-5(11,6(12,13)9(20,21)22)4(7(14,15)16,8(17,18)19)1-3-2-23-3/h3H,1-2H2/t3-/m0/s1. The van der Waals surface area contributed by atoms with E-state index in [0.717, 1.165) is 0 Å². The molecule has 138 valence electrons. The molecule has 0 bridgehead atoms. The highest BCUT2D eigenvalue weighted by molar-refractivity contribution is 5.12. The predicted molar refractivity (Wildman–Crippen MR) is 44.8 cm³/mol. The van der Waals surface area contributed by atoms with Gasteiger partial charge >= 0.3 is 30.4 Å². The molecule has 1 atom stereocenters. The van der Waals surface area contributed by atoms with Crippen molar-refractivity contribution in [3.63, 3.8) is 0 Å². The summed E-state index contributed by atoms with van der Waals surface area (Å²) in [6.45, 7) is -0.915. The topological polar surface area (TPSA) is 12.5 Å². The van der Waals surface area contributed by atoms with Crippen LogP contribution in [0.25, 0.3) is 0 Å². The van der Waals surface area contributed by atoms with E-state index in [1.807, 2.05) is 0 Å². The van der Waals surface area contributed by atoms with Gasteiger partial charge in [0.25, 0.3) is 0 Å². The van der Waals surface area contributed by atoms with Gasteiger partial charge in [-0.1, -0.05) is 0 Å². The molecule has 0 unspecified atom stereocenters. The van der Waals surface area contributed by atoms with Crippen LogP contribution in [-0.2, 0) is 4.74 Å². The molecule has 1 aliphatic heterocycles. The van der Waals surface area contributed by atoms with E-state index in [4.69, 9.17) is 0 Å². The molecule has 0 amide bonds. The minimum absolute atomic E-state index is 0.915. The van der Waals surface area contributed by atoms with Crippen LogP contribution in [-0.4, -0.2) is 43.1 Å². The van der Waals surface area contributed by atoms with Crippen LogP contribution in [0, 0.1) is 5.41 Å². The van der Waals surface area contributed by atoms with Crippen molar-refractivity contribution in [1.29, 1.82) is 0 Å². The summed E-state index contributed by atoms with van der Waals surface area (Å²) in [6.07, 6.45) is -26.7. The van der Waals surface area contributed by atoms with E-state index in [1.54, 1.807) is 0 Å². The van der Waals surface area contributed by atoms with Crippen LogP contribution >= 0.6 is 0 Å². The first kappa shape index (κ1) is 20.1. The van der Waals surface area contributed by atoms with Gasteiger partial charge < -0.3 is 4.74 Å². The summed E-state index contributed by atoms with van der Waals surface area (Å²) in [4.78, 5) is 0. The maximum atomic E-state index is 13.4. The fraction of sp³-hybridized carbons (Fsp3) is 1.00. The van der Waals surface area contributed by atoms with Gasteiger partial charge in [-0.3, -0.25) is 0 Å². The van der Waals surface area contributed by atoms with Gasteiger partial charge in [0.2, 0.25) is 5.41 Å². The summed E-state index contributed by atoms with van der Waals surface area (Å²) >= 11 is 0. The monoisotopic (exact) mass is 376 g/mol. The molecular formula is C9H5F13O. The van der Waals surface area contributed by atoms with Crippen molar-refractivity contribution in [3.8, 4) is 0 Å². The zero-order valence-corrected chi connectivity index (χ0v) is 10.3. The third kappa shape index (κ3) is 2.82. The normalized spacial score (nSPS) is 21.5. The summed E-state index contributed by atoms with van der Waals surface area (Å²) in [5.41, 5.74) is -6.63. The summed E-state index contributed by atoms with van der Waals surface area (Å²) in [7, 11) is 0. The second-order valence-electron chi connectivity index (χ2n) is 4.71. The molecule has 0 aromatic rings. The van der Waals surface area contributed by atoms with Gasteiger partial charge in [-0.25, -0.2) is 0 Å². The molecule has 1 rings (SSSR count). The zero-order chi connectivity index (χ0) is 18.7. The van der Waals surface area contributed by atoms with Crippen LogP contribution in [0.15, 0.2) is 0 Å². The Labute approximate surface area is 118 Å². The Morgan fingerprint density at radius 2 is 0.957 bits per heavy atom. The smallest absolute Gasteiger partial charge is 0.373 e. The Hall–Kier alpha value is -0.950. The van der Waals surface area contributed by atoms with Crippen molar-refractivity contribution in [1.82, 2.24) is 0 Å². The molecule has 1 heterocycles. The molecule has 1 fully saturated rings. The van der Waals surface area contributed by atoms with E-state index in [-0.39, 0.29) is 0 Å². The summed E-state index contributed by atoms with van der Waals surface area (Å²) in [5, 5.41) is 0. The number of halogens is 13. The van der Waals surface area contributed by atoms with Gasteiger partial charge in [-0.2, -0.15) is 57.1 Å². The number of alkyl halides is 13. The third-order valence-corrected chi connectivity index (χ3v) is 3.19. The SMILES string of the molecule is FC(F)(F)C(F)(F)C(F)(F)C(C[C@H]1CO1)(C(F)(F)F)C(F)(F)F. The molecule has 0 aliphatic carbocycles. The zero-order valence-electron chi connectivity index (χ0n) is 10.3. The summed E-state index contributed by atoms with van der Waals surface area (Å²) in [6, 6.07) is 0. The molecule has 0 saturated carbocycles. The lowest BCUT2D eigenvalue weighted by Gasteiger charge is -2.45. The molecule has 23 heavy (non-hydrogen) atoms. The Kier molecular flexibility index (Phi) is 4.39. The van der Waals surface area contributed by atoms with Gasteiger partial charge in [-0.15, -0.1) is 0 Å². The summed E-state index contributed by atoms with van der Waals surface area (Å²) < 4.78 is 169. The fourth-order valence-electron chi connectivity index (χ4n) is 1.85. The number of hydrogen-bond acceptors (Lipinski definition) is 1. The molecule has 0 aromatic carbocycles. The van der Waals surface area contributed by atoms with Gasteiger partial charge in [0, 0.05) is 6.42 Å². The first-order valence-corrected chi connectivity index (χ1v) is 5.40. The second-order valence-corrected chi connectivity index (χ2v) is 4.71. The van der Waals surface area contributed by atoms with E-state index < -0.39 is 54.9 Å². The lowest BCUT2D eigenvalue weighted by molar-refractivity contribution is -0.462. The van der Waals surface area contributed by atoms with Crippen molar-refractivity contribution < 1.29 is 61.8 Å². The second kappa shape index (κ2) is 5.02. The average Bonchev–Trinajstić information content (AvgIpc) is 3.03. The number of rotatable bonds is 4. The largest absolute Gasteiger partial charge is 0.459 e. The lowest BCUT2D eigenvalue weighted by Crippen LogP contribution is -2.70. The van der Waals surface area contributed by atoms with Crippen LogP contribution in [0.2, 0.25) is 0 Å². The molecule has 1 saturated heterocycles. The third-order valence-electron chi connectivity index (χ3n) is 3.19. The van der Waals surface area contributed by atoms with E-state index >= 15 is 0 Å².